The van der Waals surface area contributed by atoms with Crippen molar-refractivity contribution in [3.63, 3.8) is 0 Å². The molecule has 0 spiro atoms. The van der Waals surface area contributed by atoms with E-state index in [1.54, 1.807) is 6.21 Å². The molecular formula is C14H19NSi. The minimum absolute atomic E-state index is 0.192. The average molecular weight is 229 g/mol. The van der Waals surface area contributed by atoms with Crippen LogP contribution < -0.4 is 0 Å². The highest BCUT2D eigenvalue weighted by atomic mass is 28.3. The summed E-state index contributed by atoms with van der Waals surface area (Å²) in [5.74, 6) is 3.05. The van der Waals surface area contributed by atoms with Crippen molar-refractivity contribution in [2.75, 3.05) is 0 Å². The Hall–Kier alpha value is -1.33. The number of aliphatic imine (C=N–C) groups is 1. The van der Waals surface area contributed by atoms with Gasteiger partial charge in [0, 0.05) is 0 Å². The molecule has 2 heteroatoms. The first-order chi connectivity index (χ1) is 7.49. The fourth-order valence-electron chi connectivity index (χ4n) is 1.22. The molecule has 0 fully saturated rings. The molecule has 0 saturated heterocycles. The molecule has 1 nitrogen and oxygen atoms in total. The minimum atomic E-state index is -1.26. The van der Waals surface area contributed by atoms with Crippen LogP contribution >= 0.6 is 0 Å². The first-order valence-corrected chi connectivity index (χ1v) is 9.08. The zero-order valence-corrected chi connectivity index (χ0v) is 11.5. The Kier molecular flexibility index (Phi) is 4.51. The van der Waals surface area contributed by atoms with E-state index in [2.05, 4.69) is 55.2 Å². The van der Waals surface area contributed by atoms with Crippen LogP contribution in [0.1, 0.15) is 18.5 Å². The van der Waals surface area contributed by atoms with Gasteiger partial charge >= 0.3 is 0 Å². The second-order valence-corrected chi connectivity index (χ2v) is 9.63. The van der Waals surface area contributed by atoms with Gasteiger partial charge in [-0.3, -0.25) is 4.99 Å². The van der Waals surface area contributed by atoms with Crippen molar-refractivity contribution in [3.8, 4) is 11.5 Å². The van der Waals surface area contributed by atoms with Gasteiger partial charge in [0.2, 0.25) is 0 Å². The van der Waals surface area contributed by atoms with Gasteiger partial charge in [-0.25, -0.2) is 0 Å². The van der Waals surface area contributed by atoms with Crippen LogP contribution in [0.4, 0.5) is 0 Å². The molecule has 1 rings (SSSR count). The summed E-state index contributed by atoms with van der Waals surface area (Å²) in [6.45, 7) is 8.78. The van der Waals surface area contributed by atoms with Crippen LogP contribution in [0.2, 0.25) is 19.6 Å². The van der Waals surface area contributed by atoms with Gasteiger partial charge in [0.05, 0.1) is 12.3 Å². The predicted molar refractivity (Wildman–Crippen MR) is 74.5 cm³/mol. The van der Waals surface area contributed by atoms with Crippen molar-refractivity contribution in [2.45, 2.75) is 32.6 Å². The number of nitrogens with zero attached hydrogens (tertiary/aromatic N) is 1. The summed E-state index contributed by atoms with van der Waals surface area (Å²) < 4.78 is 0. The number of hydrogen-bond donors (Lipinski definition) is 0. The zero-order valence-electron chi connectivity index (χ0n) is 10.5. The van der Waals surface area contributed by atoms with E-state index in [1.807, 2.05) is 18.2 Å². The minimum Gasteiger partial charge on any atom is -0.276 e. The fourth-order valence-corrected chi connectivity index (χ4v) is 1.71. The molecule has 0 radical (unpaired) electrons. The molecule has 0 saturated carbocycles. The van der Waals surface area contributed by atoms with Crippen molar-refractivity contribution < 1.29 is 0 Å². The van der Waals surface area contributed by atoms with Gasteiger partial charge < -0.3 is 0 Å². The van der Waals surface area contributed by atoms with Gasteiger partial charge in [-0.15, -0.1) is 5.54 Å². The smallest absolute Gasteiger partial charge is 0.129 e. The highest BCUT2D eigenvalue weighted by Crippen LogP contribution is 2.14. The van der Waals surface area contributed by atoms with Gasteiger partial charge in [0.1, 0.15) is 8.07 Å². The van der Waals surface area contributed by atoms with Crippen molar-refractivity contribution in [2.24, 2.45) is 4.99 Å². The summed E-state index contributed by atoms with van der Waals surface area (Å²) in [6.07, 6.45) is 1.75. The van der Waals surface area contributed by atoms with Crippen molar-refractivity contribution in [1.82, 2.24) is 0 Å². The molecule has 1 unspecified atom stereocenters. The molecule has 0 aliphatic carbocycles. The Labute approximate surface area is 99.6 Å². The van der Waals surface area contributed by atoms with Gasteiger partial charge in [-0.2, -0.15) is 0 Å². The maximum absolute atomic E-state index is 4.42. The molecule has 1 aromatic rings. The Morgan fingerprint density at radius 1 is 1.19 bits per heavy atom. The maximum atomic E-state index is 4.42. The second kappa shape index (κ2) is 5.67. The van der Waals surface area contributed by atoms with E-state index in [0.717, 1.165) is 0 Å². The average Bonchev–Trinajstić information content (AvgIpc) is 2.24. The molecule has 0 N–H and O–H groups in total. The maximum Gasteiger partial charge on any atom is 0.129 e. The standard InChI is InChI=1S/C14H19NSi/c1-13(14-9-6-5-7-10-14)15-11-8-12-16(2,3)4/h5-7,9-11,13H,1-4H3. The van der Waals surface area contributed by atoms with Crippen LogP contribution in [0.5, 0.6) is 0 Å². The first kappa shape index (κ1) is 12.7. The van der Waals surface area contributed by atoms with Crippen LogP contribution in [-0.2, 0) is 0 Å². The van der Waals surface area contributed by atoms with E-state index < -0.39 is 8.07 Å². The van der Waals surface area contributed by atoms with Crippen molar-refractivity contribution in [3.05, 3.63) is 35.9 Å². The Morgan fingerprint density at radius 2 is 1.81 bits per heavy atom. The highest BCUT2D eigenvalue weighted by molar-refractivity contribution is 6.84. The van der Waals surface area contributed by atoms with E-state index >= 15 is 0 Å². The topological polar surface area (TPSA) is 12.4 Å². The summed E-state index contributed by atoms with van der Waals surface area (Å²) in [7, 11) is -1.26. The van der Waals surface area contributed by atoms with Crippen LogP contribution in [0.3, 0.4) is 0 Å². The van der Waals surface area contributed by atoms with Gasteiger partial charge in [0.15, 0.2) is 0 Å². The lowest BCUT2D eigenvalue weighted by Crippen LogP contribution is -2.16. The summed E-state index contributed by atoms with van der Waals surface area (Å²) in [6, 6.07) is 10.5. The van der Waals surface area contributed by atoms with Gasteiger partial charge in [-0.1, -0.05) is 55.9 Å². The molecular weight excluding hydrogens is 210 g/mol. The molecule has 0 aliphatic rings. The van der Waals surface area contributed by atoms with Crippen molar-refractivity contribution >= 4 is 14.3 Å². The molecule has 1 aromatic carbocycles. The Morgan fingerprint density at radius 3 is 2.38 bits per heavy atom. The quantitative estimate of drug-likeness (QED) is 0.416. The second-order valence-electron chi connectivity index (χ2n) is 4.88. The van der Waals surface area contributed by atoms with Crippen LogP contribution in [0.15, 0.2) is 35.3 Å². The van der Waals surface area contributed by atoms with Gasteiger partial charge in [-0.05, 0) is 12.5 Å². The fraction of sp³-hybridized carbons (Fsp3) is 0.357. The van der Waals surface area contributed by atoms with E-state index in [-0.39, 0.29) is 6.04 Å². The molecule has 0 bridgehead atoms. The first-order valence-electron chi connectivity index (χ1n) is 5.58. The monoisotopic (exact) mass is 229 g/mol. The molecule has 0 aromatic heterocycles. The number of benzene rings is 1. The zero-order chi connectivity index (χ0) is 12.0. The third-order valence-electron chi connectivity index (χ3n) is 2.09. The Balaban J connectivity index is 2.61. The van der Waals surface area contributed by atoms with Crippen LogP contribution in [-0.4, -0.2) is 14.3 Å². The van der Waals surface area contributed by atoms with E-state index in [4.69, 9.17) is 0 Å². The lowest BCUT2D eigenvalue weighted by molar-refractivity contribution is 0.826. The van der Waals surface area contributed by atoms with E-state index in [9.17, 15) is 0 Å². The molecule has 0 aliphatic heterocycles. The highest BCUT2D eigenvalue weighted by Gasteiger charge is 2.06. The van der Waals surface area contributed by atoms with Crippen LogP contribution in [0.25, 0.3) is 0 Å². The Bertz CT molecular complexity index is 404. The number of rotatable bonds is 2. The summed E-state index contributed by atoms with van der Waals surface area (Å²) in [5, 5.41) is 0. The molecule has 1 atom stereocenters. The summed E-state index contributed by atoms with van der Waals surface area (Å²) in [4.78, 5) is 4.42. The van der Waals surface area contributed by atoms with Crippen molar-refractivity contribution in [1.29, 1.82) is 0 Å². The van der Waals surface area contributed by atoms with Crippen LogP contribution in [0, 0.1) is 11.5 Å². The van der Waals surface area contributed by atoms with Gasteiger partial charge in [0.25, 0.3) is 0 Å². The largest absolute Gasteiger partial charge is 0.276 e. The lowest BCUT2D eigenvalue weighted by Gasteiger charge is -2.04. The molecule has 16 heavy (non-hydrogen) atoms. The third-order valence-corrected chi connectivity index (χ3v) is 2.99. The molecule has 0 heterocycles. The lowest BCUT2D eigenvalue weighted by atomic mass is 10.1. The third kappa shape index (κ3) is 4.95. The van der Waals surface area contributed by atoms with E-state index in [0.29, 0.717) is 0 Å². The SMILES string of the molecule is CC(N=CC#C[Si](C)(C)C)c1ccccc1. The summed E-state index contributed by atoms with van der Waals surface area (Å²) >= 11 is 0. The number of hydrogen-bond acceptors (Lipinski definition) is 1. The van der Waals surface area contributed by atoms with E-state index in [1.165, 1.54) is 5.56 Å². The molecule has 0 amide bonds. The molecule has 84 valence electrons. The summed E-state index contributed by atoms with van der Waals surface area (Å²) in [5.41, 5.74) is 4.50. The normalized spacial score (nSPS) is 13.2. The predicted octanol–water partition coefficient (Wildman–Crippen LogP) is 3.70.